The quantitative estimate of drug-likeness (QED) is 0.526. The van der Waals surface area contributed by atoms with E-state index in [9.17, 15) is 0 Å². The second kappa shape index (κ2) is 4.20. The lowest BCUT2D eigenvalue weighted by Gasteiger charge is -2.04. The summed E-state index contributed by atoms with van der Waals surface area (Å²) in [6.45, 7) is 0.886. The molecule has 0 aliphatic carbocycles. The van der Waals surface area contributed by atoms with Crippen molar-refractivity contribution in [2.45, 2.75) is 19.3 Å². The molecule has 0 N–H and O–H groups in total. The van der Waals surface area contributed by atoms with Crippen molar-refractivity contribution in [2.24, 2.45) is 0 Å². The number of para-hydroxylation sites is 1. The van der Waals surface area contributed by atoms with E-state index in [0.717, 1.165) is 12.4 Å². The van der Waals surface area contributed by atoms with Crippen LogP contribution in [0.15, 0.2) is 24.3 Å². The molecule has 61 valence electrons. The van der Waals surface area contributed by atoms with E-state index in [0.29, 0.717) is 0 Å². The normalized spacial score (nSPS) is 15.0. The molecule has 0 saturated carbocycles. The van der Waals surface area contributed by atoms with Gasteiger partial charge in [-0.05, 0) is 30.9 Å². The number of fused-ring (bicyclic) bond motifs is 1. The highest BCUT2D eigenvalue weighted by atomic mass is 16.5. The summed E-state index contributed by atoms with van der Waals surface area (Å²) in [6, 6.07) is 8.32. The van der Waals surface area contributed by atoms with Gasteiger partial charge in [-0.25, -0.2) is 0 Å². The summed E-state index contributed by atoms with van der Waals surface area (Å²) < 4.78 is 5.55. The van der Waals surface area contributed by atoms with Crippen LogP contribution < -0.4 is 4.74 Å². The molecule has 1 heterocycles. The fraction of sp³-hybridized carbons (Fsp3) is 0.400. The first kappa shape index (κ1) is 9.18. The Bertz CT molecular complexity index is 222. The van der Waals surface area contributed by atoms with E-state index < -0.39 is 0 Å². The Morgan fingerprint density at radius 3 is 2.83 bits per heavy atom. The van der Waals surface area contributed by atoms with E-state index in [1.165, 1.54) is 24.8 Å². The number of aryl methyl sites for hydroxylation is 1. The van der Waals surface area contributed by atoms with Gasteiger partial charge < -0.3 is 4.74 Å². The van der Waals surface area contributed by atoms with Crippen LogP contribution in [0.2, 0.25) is 0 Å². The van der Waals surface area contributed by atoms with Crippen molar-refractivity contribution >= 4 is 8.41 Å². The molecule has 2 heteroatoms. The summed E-state index contributed by atoms with van der Waals surface area (Å²) >= 11 is 0. The highest BCUT2D eigenvalue weighted by molar-refractivity contribution is 5.75. The minimum absolute atomic E-state index is 0. The van der Waals surface area contributed by atoms with Gasteiger partial charge in [-0.1, -0.05) is 18.2 Å². The summed E-state index contributed by atoms with van der Waals surface area (Å²) in [7, 11) is 0. The van der Waals surface area contributed by atoms with Gasteiger partial charge >= 0.3 is 0 Å². The van der Waals surface area contributed by atoms with Crippen molar-refractivity contribution in [3.8, 4) is 5.75 Å². The van der Waals surface area contributed by atoms with Gasteiger partial charge in [0.2, 0.25) is 0 Å². The van der Waals surface area contributed by atoms with Crippen molar-refractivity contribution in [3.63, 3.8) is 0 Å². The molecule has 1 aliphatic rings. The third-order valence-electron chi connectivity index (χ3n) is 2.07. The van der Waals surface area contributed by atoms with Crippen molar-refractivity contribution in [3.05, 3.63) is 29.8 Å². The summed E-state index contributed by atoms with van der Waals surface area (Å²) in [5, 5.41) is 0. The summed E-state index contributed by atoms with van der Waals surface area (Å²) in [6.07, 6.45) is 3.63. The Kier molecular flexibility index (Phi) is 3.21. The molecule has 1 nitrogen and oxygen atoms in total. The van der Waals surface area contributed by atoms with Crippen molar-refractivity contribution in [1.82, 2.24) is 0 Å². The molecule has 1 aliphatic heterocycles. The molecule has 0 amide bonds. The Morgan fingerprint density at radius 1 is 1.08 bits per heavy atom. The first-order valence-corrected chi connectivity index (χ1v) is 4.17. The van der Waals surface area contributed by atoms with Crippen LogP contribution >= 0.6 is 0 Å². The Hall–Kier alpha value is -0.915. The van der Waals surface area contributed by atoms with Crippen LogP contribution in [0.25, 0.3) is 0 Å². The van der Waals surface area contributed by atoms with E-state index in [4.69, 9.17) is 4.74 Å². The van der Waals surface area contributed by atoms with Crippen molar-refractivity contribution in [2.75, 3.05) is 6.61 Å². The topological polar surface area (TPSA) is 9.23 Å². The third-order valence-corrected chi connectivity index (χ3v) is 2.07. The summed E-state index contributed by atoms with van der Waals surface area (Å²) in [5.74, 6) is 1.09. The predicted molar refractivity (Wildman–Crippen MR) is 50.6 cm³/mol. The highest BCUT2D eigenvalue weighted by Gasteiger charge is 2.05. The van der Waals surface area contributed by atoms with Crippen LogP contribution in [0, 0.1) is 0 Å². The van der Waals surface area contributed by atoms with Crippen molar-refractivity contribution in [1.29, 1.82) is 0 Å². The molecule has 2 rings (SSSR count). The van der Waals surface area contributed by atoms with Crippen LogP contribution in [-0.4, -0.2) is 15.0 Å². The minimum Gasteiger partial charge on any atom is -0.493 e. The molecule has 0 fully saturated rings. The maximum absolute atomic E-state index is 5.55. The second-order valence-electron chi connectivity index (χ2n) is 2.91. The number of hydrogen-bond donors (Lipinski definition) is 0. The van der Waals surface area contributed by atoms with Gasteiger partial charge in [0.1, 0.15) is 5.75 Å². The second-order valence-corrected chi connectivity index (χ2v) is 2.91. The lowest BCUT2D eigenvalue weighted by atomic mass is 10.1. The number of ether oxygens (including phenoxy) is 1. The SMILES string of the molecule is [B].c1ccc2c(c1)CCCCO2. The molecule has 1 aromatic carbocycles. The molecule has 3 radical (unpaired) electrons. The van der Waals surface area contributed by atoms with E-state index in [2.05, 4.69) is 18.2 Å². The van der Waals surface area contributed by atoms with Crippen LogP contribution in [0.5, 0.6) is 5.75 Å². The lowest BCUT2D eigenvalue weighted by Crippen LogP contribution is -1.93. The van der Waals surface area contributed by atoms with Gasteiger partial charge in [-0.15, -0.1) is 0 Å². The average Bonchev–Trinajstić information content (AvgIpc) is 2.28. The maximum Gasteiger partial charge on any atom is 0.122 e. The fourth-order valence-corrected chi connectivity index (χ4v) is 1.45. The molecule has 0 spiro atoms. The van der Waals surface area contributed by atoms with Gasteiger partial charge in [0.05, 0.1) is 6.61 Å². The molecular formula is C10H12BO. The largest absolute Gasteiger partial charge is 0.493 e. The van der Waals surface area contributed by atoms with E-state index in [1.807, 2.05) is 6.07 Å². The standard InChI is InChI=1S/C10H12O.B/c1-2-7-10-9(5-1)6-3-4-8-11-10;/h1-2,5,7H,3-4,6,8H2;. The predicted octanol–water partition coefficient (Wildman–Crippen LogP) is 2.02. The fourth-order valence-electron chi connectivity index (χ4n) is 1.45. The third kappa shape index (κ3) is 1.82. The van der Waals surface area contributed by atoms with E-state index in [-0.39, 0.29) is 8.41 Å². The lowest BCUT2D eigenvalue weighted by molar-refractivity contribution is 0.317. The number of benzene rings is 1. The smallest absolute Gasteiger partial charge is 0.122 e. The highest BCUT2D eigenvalue weighted by Crippen LogP contribution is 2.22. The van der Waals surface area contributed by atoms with E-state index >= 15 is 0 Å². The zero-order valence-corrected chi connectivity index (χ0v) is 7.12. The van der Waals surface area contributed by atoms with E-state index in [1.54, 1.807) is 0 Å². The Labute approximate surface area is 75.3 Å². The first-order valence-electron chi connectivity index (χ1n) is 4.17. The van der Waals surface area contributed by atoms with Crippen LogP contribution in [0.4, 0.5) is 0 Å². The summed E-state index contributed by atoms with van der Waals surface area (Å²) in [4.78, 5) is 0. The van der Waals surface area contributed by atoms with Gasteiger partial charge in [0.25, 0.3) is 0 Å². The number of rotatable bonds is 0. The van der Waals surface area contributed by atoms with Gasteiger partial charge in [0, 0.05) is 8.41 Å². The van der Waals surface area contributed by atoms with Crippen LogP contribution in [0.3, 0.4) is 0 Å². The van der Waals surface area contributed by atoms with Gasteiger partial charge in [-0.2, -0.15) is 0 Å². The number of hydrogen-bond acceptors (Lipinski definition) is 1. The Balaban J connectivity index is 0.000000720. The zero-order valence-electron chi connectivity index (χ0n) is 7.12. The molecule has 0 aromatic heterocycles. The molecular weight excluding hydrogens is 147 g/mol. The van der Waals surface area contributed by atoms with Crippen LogP contribution in [-0.2, 0) is 6.42 Å². The van der Waals surface area contributed by atoms with Crippen LogP contribution in [0.1, 0.15) is 18.4 Å². The van der Waals surface area contributed by atoms with Gasteiger partial charge in [-0.3, -0.25) is 0 Å². The maximum atomic E-state index is 5.55. The molecule has 1 aromatic rings. The van der Waals surface area contributed by atoms with Gasteiger partial charge in [0.15, 0.2) is 0 Å². The van der Waals surface area contributed by atoms with Crippen molar-refractivity contribution < 1.29 is 4.74 Å². The average molecular weight is 159 g/mol. The zero-order chi connectivity index (χ0) is 7.52. The molecule has 12 heavy (non-hydrogen) atoms. The monoisotopic (exact) mass is 159 g/mol. The minimum atomic E-state index is 0. The first-order chi connectivity index (χ1) is 5.47. The summed E-state index contributed by atoms with van der Waals surface area (Å²) in [5.41, 5.74) is 1.37. The molecule has 0 atom stereocenters. The molecule has 0 saturated heterocycles. The Morgan fingerprint density at radius 2 is 1.92 bits per heavy atom. The molecule has 0 bridgehead atoms. The molecule has 0 unspecified atom stereocenters.